The lowest BCUT2D eigenvalue weighted by Gasteiger charge is -2.15. The third-order valence-electron chi connectivity index (χ3n) is 3.19. The molecule has 0 aromatic heterocycles. The van der Waals surface area contributed by atoms with Crippen LogP contribution in [-0.2, 0) is 4.79 Å². The van der Waals surface area contributed by atoms with E-state index >= 15 is 0 Å². The van der Waals surface area contributed by atoms with Crippen LogP contribution in [-0.4, -0.2) is 11.8 Å². The molecule has 2 aromatic rings. The molecule has 2 amide bonds. The average Bonchev–Trinajstić information content (AvgIpc) is 2.49. The lowest BCUT2D eigenvalue weighted by atomic mass is 10.1. The van der Waals surface area contributed by atoms with E-state index in [-0.39, 0.29) is 17.9 Å². The molecule has 0 heterocycles. The van der Waals surface area contributed by atoms with Crippen LogP contribution < -0.4 is 10.6 Å². The van der Waals surface area contributed by atoms with Crippen molar-refractivity contribution in [2.24, 2.45) is 0 Å². The fraction of sp³-hybridized carbons (Fsp3) is 0.176. The molecule has 0 bridgehead atoms. The first-order valence-corrected chi connectivity index (χ1v) is 7.28. The molecule has 22 heavy (non-hydrogen) atoms. The minimum atomic E-state index is -0.215. The summed E-state index contributed by atoms with van der Waals surface area (Å²) in [7, 11) is 0. The van der Waals surface area contributed by atoms with Gasteiger partial charge in [-0.2, -0.15) is 0 Å². The highest BCUT2D eigenvalue weighted by molar-refractivity contribution is 6.34. The van der Waals surface area contributed by atoms with Crippen LogP contribution in [0.3, 0.4) is 0 Å². The van der Waals surface area contributed by atoms with Gasteiger partial charge in [0.15, 0.2) is 0 Å². The van der Waals surface area contributed by atoms with Gasteiger partial charge in [-0.05, 0) is 30.7 Å². The Hall–Kier alpha value is -2.33. The number of hydrogen-bond donors (Lipinski definition) is 2. The first-order chi connectivity index (χ1) is 10.5. The van der Waals surface area contributed by atoms with Crippen LogP contribution in [0.4, 0.5) is 5.69 Å². The van der Waals surface area contributed by atoms with Crippen molar-refractivity contribution in [3.05, 3.63) is 64.7 Å². The van der Waals surface area contributed by atoms with Gasteiger partial charge in [0.25, 0.3) is 5.91 Å². The molecule has 114 valence electrons. The van der Waals surface area contributed by atoms with Gasteiger partial charge in [-0.25, -0.2) is 0 Å². The van der Waals surface area contributed by atoms with Crippen LogP contribution in [0.1, 0.15) is 35.8 Å². The normalized spacial score (nSPS) is 11.6. The Morgan fingerprint density at radius 2 is 1.77 bits per heavy atom. The van der Waals surface area contributed by atoms with Crippen molar-refractivity contribution in [3.8, 4) is 0 Å². The Morgan fingerprint density at radius 3 is 2.36 bits per heavy atom. The highest BCUT2D eigenvalue weighted by Crippen LogP contribution is 2.23. The number of carbonyl (C=O) groups excluding carboxylic acids is 2. The molecule has 5 heteroatoms. The van der Waals surface area contributed by atoms with Crippen molar-refractivity contribution in [1.82, 2.24) is 5.32 Å². The summed E-state index contributed by atoms with van der Waals surface area (Å²) in [5.41, 5.74) is 1.96. The van der Waals surface area contributed by atoms with E-state index in [4.69, 9.17) is 11.6 Å². The van der Waals surface area contributed by atoms with E-state index in [1.54, 1.807) is 18.2 Å². The molecule has 0 spiro atoms. The molecule has 0 saturated heterocycles. The highest BCUT2D eigenvalue weighted by atomic mass is 35.5. The quantitative estimate of drug-likeness (QED) is 0.901. The zero-order chi connectivity index (χ0) is 16.1. The molecular formula is C17H17ClN2O2. The molecule has 2 N–H and O–H groups in total. The smallest absolute Gasteiger partial charge is 0.251 e. The Labute approximate surface area is 134 Å². The summed E-state index contributed by atoms with van der Waals surface area (Å²) >= 11 is 6.08. The summed E-state index contributed by atoms with van der Waals surface area (Å²) in [6.45, 7) is 3.32. The molecule has 4 nitrogen and oxygen atoms in total. The molecule has 0 aliphatic carbocycles. The molecule has 1 atom stereocenters. The van der Waals surface area contributed by atoms with Gasteiger partial charge in [0.05, 0.1) is 16.8 Å². The van der Waals surface area contributed by atoms with Crippen LogP contribution in [0.15, 0.2) is 48.5 Å². The second-order valence-corrected chi connectivity index (χ2v) is 5.39. The summed E-state index contributed by atoms with van der Waals surface area (Å²) in [5.74, 6) is -0.426. The molecule has 0 saturated carbocycles. The lowest BCUT2D eigenvalue weighted by Crippen LogP contribution is -2.26. The van der Waals surface area contributed by atoms with Gasteiger partial charge in [0.1, 0.15) is 0 Å². The van der Waals surface area contributed by atoms with Crippen LogP contribution in [0.25, 0.3) is 0 Å². The van der Waals surface area contributed by atoms with Crippen molar-refractivity contribution in [1.29, 1.82) is 0 Å². The number of benzene rings is 2. The van der Waals surface area contributed by atoms with Crippen LogP contribution in [0.5, 0.6) is 0 Å². The number of rotatable bonds is 4. The monoisotopic (exact) mass is 316 g/mol. The predicted molar refractivity (Wildman–Crippen MR) is 88.1 cm³/mol. The van der Waals surface area contributed by atoms with E-state index in [0.717, 1.165) is 5.56 Å². The maximum Gasteiger partial charge on any atom is 0.251 e. The summed E-state index contributed by atoms with van der Waals surface area (Å²) in [6.07, 6.45) is 0. The molecule has 2 aromatic carbocycles. The van der Waals surface area contributed by atoms with E-state index in [2.05, 4.69) is 10.6 Å². The number of amides is 2. The van der Waals surface area contributed by atoms with Crippen molar-refractivity contribution >= 4 is 29.1 Å². The van der Waals surface area contributed by atoms with Gasteiger partial charge in [0.2, 0.25) is 5.91 Å². The number of carbonyl (C=O) groups is 2. The Kier molecular flexibility index (Phi) is 5.17. The van der Waals surface area contributed by atoms with Gasteiger partial charge in [-0.15, -0.1) is 0 Å². The van der Waals surface area contributed by atoms with E-state index in [1.165, 1.54) is 6.92 Å². The lowest BCUT2D eigenvalue weighted by molar-refractivity contribution is -0.114. The minimum absolute atomic E-state index is 0.109. The first kappa shape index (κ1) is 16.0. The molecule has 0 fully saturated rings. The number of anilines is 1. The fourth-order valence-electron chi connectivity index (χ4n) is 2.05. The van der Waals surface area contributed by atoms with Gasteiger partial charge in [-0.3, -0.25) is 9.59 Å². The van der Waals surface area contributed by atoms with Gasteiger partial charge < -0.3 is 10.6 Å². The number of hydrogen-bond acceptors (Lipinski definition) is 2. The van der Waals surface area contributed by atoms with Gasteiger partial charge >= 0.3 is 0 Å². The Bertz CT molecular complexity index is 686. The van der Waals surface area contributed by atoms with Crippen LogP contribution >= 0.6 is 11.6 Å². The third kappa shape index (κ3) is 4.09. The largest absolute Gasteiger partial charge is 0.346 e. The fourth-order valence-corrected chi connectivity index (χ4v) is 2.28. The van der Waals surface area contributed by atoms with Crippen molar-refractivity contribution < 1.29 is 9.59 Å². The molecule has 0 radical (unpaired) electrons. The first-order valence-electron chi connectivity index (χ1n) is 6.90. The summed E-state index contributed by atoms with van der Waals surface area (Å²) in [6, 6.07) is 14.4. The van der Waals surface area contributed by atoms with E-state index < -0.39 is 0 Å². The van der Waals surface area contributed by atoms with E-state index in [0.29, 0.717) is 16.3 Å². The predicted octanol–water partition coefficient (Wildman–Crippen LogP) is 3.79. The Morgan fingerprint density at radius 1 is 1.09 bits per heavy atom. The zero-order valence-corrected chi connectivity index (χ0v) is 13.1. The molecule has 0 aliphatic rings. The van der Waals surface area contributed by atoms with Crippen LogP contribution in [0, 0.1) is 0 Å². The SMILES string of the molecule is CC(=O)Nc1ccc(C(=O)NC(C)c2ccccc2)cc1Cl. The third-order valence-corrected chi connectivity index (χ3v) is 3.50. The topological polar surface area (TPSA) is 58.2 Å². The zero-order valence-electron chi connectivity index (χ0n) is 12.4. The molecule has 2 rings (SSSR count). The van der Waals surface area contributed by atoms with Gasteiger partial charge in [0, 0.05) is 12.5 Å². The van der Waals surface area contributed by atoms with Crippen molar-refractivity contribution in [2.45, 2.75) is 19.9 Å². The molecule has 1 unspecified atom stereocenters. The highest BCUT2D eigenvalue weighted by Gasteiger charge is 2.13. The van der Waals surface area contributed by atoms with Crippen molar-refractivity contribution in [2.75, 3.05) is 5.32 Å². The summed E-state index contributed by atoms with van der Waals surface area (Å²) < 4.78 is 0. The summed E-state index contributed by atoms with van der Waals surface area (Å²) in [5, 5.41) is 5.85. The average molecular weight is 317 g/mol. The maximum absolute atomic E-state index is 12.3. The van der Waals surface area contributed by atoms with E-state index in [1.807, 2.05) is 37.3 Å². The summed E-state index contributed by atoms with van der Waals surface area (Å²) in [4.78, 5) is 23.3. The second-order valence-electron chi connectivity index (χ2n) is 4.98. The van der Waals surface area contributed by atoms with Gasteiger partial charge in [-0.1, -0.05) is 41.9 Å². The standard InChI is InChI=1S/C17H17ClN2O2/c1-11(13-6-4-3-5-7-13)19-17(22)14-8-9-16(15(18)10-14)20-12(2)21/h3-11H,1-2H3,(H,19,22)(H,20,21). The Balaban J connectivity index is 2.10. The second kappa shape index (κ2) is 7.09. The molecule has 0 aliphatic heterocycles. The van der Waals surface area contributed by atoms with Crippen LogP contribution in [0.2, 0.25) is 5.02 Å². The van der Waals surface area contributed by atoms with Crippen molar-refractivity contribution in [3.63, 3.8) is 0 Å². The number of halogens is 1. The molecular weight excluding hydrogens is 300 g/mol. The minimum Gasteiger partial charge on any atom is -0.346 e. The number of nitrogens with one attached hydrogen (secondary N) is 2. The maximum atomic E-state index is 12.3. The van der Waals surface area contributed by atoms with E-state index in [9.17, 15) is 9.59 Å².